The number of fused-ring (bicyclic) bond motifs is 1. The number of aromatic amines is 1. The van der Waals surface area contributed by atoms with Gasteiger partial charge in [0.25, 0.3) is 0 Å². The van der Waals surface area contributed by atoms with Crippen molar-refractivity contribution < 1.29 is 13.9 Å². The Balaban J connectivity index is 1.39. The van der Waals surface area contributed by atoms with Crippen molar-refractivity contribution in [3.63, 3.8) is 0 Å². The van der Waals surface area contributed by atoms with Crippen molar-refractivity contribution >= 4 is 16.8 Å². The van der Waals surface area contributed by atoms with E-state index in [0.29, 0.717) is 24.3 Å². The van der Waals surface area contributed by atoms with Crippen LogP contribution in [0.5, 0.6) is 5.75 Å². The summed E-state index contributed by atoms with van der Waals surface area (Å²) >= 11 is 0. The fourth-order valence-electron chi connectivity index (χ4n) is 2.91. The molecule has 2 N–H and O–H groups in total. The predicted molar refractivity (Wildman–Crippen MR) is 101 cm³/mol. The molecule has 4 aromatic rings. The molecule has 0 aliphatic rings. The molecule has 0 bridgehead atoms. The lowest BCUT2D eigenvalue weighted by molar-refractivity contribution is 0.0920. The van der Waals surface area contributed by atoms with Crippen molar-refractivity contribution in [2.24, 2.45) is 0 Å². The van der Waals surface area contributed by atoms with Crippen LogP contribution < -0.4 is 10.1 Å². The molecule has 0 saturated heterocycles. The maximum atomic E-state index is 12.3. The van der Waals surface area contributed by atoms with E-state index in [1.807, 2.05) is 42.6 Å². The van der Waals surface area contributed by atoms with Crippen LogP contribution in [0.1, 0.15) is 16.2 Å². The number of H-pyrrole nitrogens is 1. The van der Waals surface area contributed by atoms with E-state index >= 15 is 0 Å². The molecule has 1 amide bonds. The zero-order valence-electron chi connectivity index (χ0n) is 14.7. The summed E-state index contributed by atoms with van der Waals surface area (Å²) in [5, 5.41) is 11.8. The second-order valence-corrected chi connectivity index (χ2v) is 6.01. The van der Waals surface area contributed by atoms with Gasteiger partial charge in [-0.15, -0.1) is 10.2 Å². The number of nitrogens with zero attached hydrogens (tertiary/aromatic N) is 2. The number of benzene rings is 2. The summed E-state index contributed by atoms with van der Waals surface area (Å²) < 4.78 is 10.7. The first-order valence-electron chi connectivity index (χ1n) is 8.56. The Kier molecular flexibility index (Phi) is 4.57. The average Bonchev–Trinajstić information content (AvgIpc) is 3.36. The maximum absolute atomic E-state index is 12.3. The Morgan fingerprint density at radius 2 is 2.07 bits per heavy atom. The third kappa shape index (κ3) is 3.52. The molecule has 0 radical (unpaired) electrons. The molecule has 2 aromatic carbocycles. The third-order valence-electron chi connectivity index (χ3n) is 4.29. The smallest absolute Gasteiger partial charge is 0.308 e. The fraction of sp³-hybridized carbons (Fsp3) is 0.150. The van der Waals surface area contributed by atoms with E-state index in [1.54, 1.807) is 13.2 Å². The van der Waals surface area contributed by atoms with Crippen LogP contribution in [0.15, 0.2) is 59.1 Å². The quantitative estimate of drug-likeness (QED) is 0.549. The van der Waals surface area contributed by atoms with Gasteiger partial charge >= 0.3 is 11.8 Å². The summed E-state index contributed by atoms with van der Waals surface area (Å²) in [6, 6.07) is 15.3. The van der Waals surface area contributed by atoms with Gasteiger partial charge in [-0.25, -0.2) is 0 Å². The van der Waals surface area contributed by atoms with Gasteiger partial charge in [-0.05, 0) is 36.2 Å². The Morgan fingerprint density at radius 1 is 1.19 bits per heavy atom. The fourth-order valence-corrected chi connectivity index (χ4v) is 2.91. The number of para-hydroxylation sites is 1. The number of carbonyl (C=O) groups is 1. The zero-order valence-corrected chi connectivity index (χ0v) is 14.7. The number of rotatable bonds is 6. The van der Waals surface area contributed by atoms with E-state index in [0.717, 1.165) is 16.5 Å². The van der Waals surface area contributed by atoms with Crippen LogP contribution in [-0.2, 0) is 6.42 Å². The first-order valence-corrected chi connectivity index (χ1v) is 8.56. The second-order valence-electron chi connectivity index (χ2n) is 6.01. The Hall–Kier alpha value is -3.61. The lowest BCUT2D eigenvalue weighted by Crippen LogP contribution is -2.25. The largest absolute Gasteiger partial charge is 0.497 e. The van der Waals surface area contributed by atoms with Crippen molar-refractivity contribution in [2.75, 3.05) is 13.7 Å². The highest BCUT2D eigenvalue weighted by molar-refractivity contribution is 5.89. The van der Waals surface area contributed by atoms with Crippen LogP contribution in [0, 0.1) is 0 Å². The lowest BCUT2D eigenvalue weighted by Gasteiger charge is -2.02. The van der Waals surface area contributed by atoms with Crippen LogP contribution in [-0.4, -0.2) is 34.7 Å². The standard InChI is InChI=1S/C20H18N4O3/c1-26-15-6-4-5-13(11-15)19-23-24-20(27-19)18(25)21-10-9-14-12-22-17-8-3-2-7-16(14)17/h2-8,11-12,22H,9-10H2,1H3,(H,21,25). The van der Waals surface area contributed by atoms with Crippen molar-refractivity contribution in [1.29, 1.82) is 0 Å². The van der Waals surface area contributed by atoms with E-state index in [1.165, 1.54) is 0 Å². The Morgan fingerprint density at radius 3 is 2.96 bits per heavy atom. The normalized spacial score (nSPS) is 10.9. The minimum Gasteiger partial charge on any atom is -0.497 e. The molecule has 27 heavy (non-hydrogen) atoms. The highest BCUT2D eigenvalue weighted by Crippen LogP contribution is 2.22. The first kappa shape index (κ1) is 16.8. The molecule has 0 unspecified atom stereocenters. The molecule has 2 aromatic heterocycles. The van der Waals surface area contributed by atoms with E-state index < -0.39 is 5.91 Å². The molecule has 7 heteroatoms. The molecule has 0 spiro atoms. The van der Waals surface area contributed by atoms with Gasteiger partial charge in [-0.3, -0.25) is 4.79 Å². The highest BCUT2D eigenvalue weighted by atomic mass is 16.5. The Bertz CT molecular complexity index is 1080. The number of methoxy groups -OCH3 is 1. The van der Waals surface area contributed by atoms with E-state index in [9.17, 15) is 4.79 Å². The van der Waals surface area contributed by atoms with Crippen LogP contribution in [0.2, 0.25) is 0 Å². The SMILES string of the molecule is COc1cccc(-c2nnc(C(=O)NCCc3c[nH]c4ccccc34)o2)c1. The number of nitrogens with one attached hydrogen (secondary N) is 2. The highest BCUT2D eigenvalue weighted by Gasteiger charge is 2.16. The van der Waals surface area contributed by atoms with Gasteiger partial charge in [0.2, 0.25) is 5.89 Å². The number of carbonyl (C=O) groups excluding carboxylic acids is 1. The van der Waals surface area contributed by atoms with Crippen LogP contribution in [0.4, 0.5) is 0 Å². The van der Waals surface area contributed by atoms with Gasteiger partial charge < -0.3 is 19.5 Å². The van der Waals surface area contributed by atoms with Gasteiger partial charge in [0.05, 0.1) is 7.11 Å². The van der Waals surface area contributed by atoms with Gasteiger partial charge in [-0.2, -0.15) is 0 Å². The summed E-state index contributed by atoms with van der Waals surface area (Å²) in [5.74, 6) is 0.495. The minimum absolute atomic E-state index is 0.0632. The first-order chi connectivity index (χ1) is 13.2. The topological polar surface area (TPSA) is 93.0 Å². The predicted octanol–water partition coefficient (Wildman–Crippen LogP) is 3.20. The minimum atomic E-state index is -0.392. The number of hydrogen-bond acceptors (Lipinski definition) is 5. The van der Waals surface area contributed by atoms with Crippen molar-refractivity contribution in [2.45, 2.75) is 6.42 Å². The van der Waals surface area contributed by atoms with Gasteiger partial charge in [0.1, 0.15) is 5.75 Å². The van der Waals surface area contributed by atoms with E-state index in [2.05, 4.69) is 26.6 Å². The summed E-state index contributed by atoms with van der Waals surface area (Å²) in [7, 11) is 1.58. The summed E-state index contributed by atoms with van der Waals surface area (Å²) in [6.45, 7) is 0.470. The third-order valence-corrected chi connectivity index (χ3v) is 4.29. The van der Waals surface area contributed by atoms with Gasteiger partial charge in [0.15, 0.2) is 0 Å². The van der Waals surface area contributed by atoms with Crippen molar-refractivity contribution in [3.05, 3.63) is 66.2 Å². The lowest BCUT2D eigenvalue weighted by atomic mass is 10.1. The molecule has 0 aliphatic carbocycles. The van der Waals surface area contributed by atoms with Crippen molar-refractivity contribution in [1.82, 2.24) is 20.5 Å². The molecule has 7 nitrogen and oxygen atoms in total. The number of amides is 1. The summed E-state index contributed by atoms with van der Waals surface area (Å²) in [5.41, 5.74) is 2.92. The molecule has 2 heterocycles. The molecule has 0 aliphatic heterocycles. The van der Waals surface area contributed by atoms with E-state index in [-0.39, 0.29) is 11.8 Å². The summed E-state index contributed by atoms with van der Waals surface area (Å²) in [4.78, 5) is 15.5. The molecule has 0 saturated carbocycles. The number of ether oxygens (including phenoxy) is 1. The number of hydrogen-bond donors (Lipinski definition) is 2. The monoisotopic (exact) mass is 362 g/mol. The molecule has 136 valence electrons. The molecule has 0 atom stereocenters. The van der Waals surface area contributed by atoms with Gasteiger partial charge in [0, 0.05) is 29.2 Å². The molecular weight excluding hydrogens is 344 g/mol. The average molecular weight is 362 g/mol. The summed E-state index contributed by atoms with van der Waals surface area (Å²) in [6.07, 6.45) is 2.66. The van der Waals surface area contributed by atoms with Crippen molar-refractivity contribution in [3.8, 4) is 17.2 Å². The number of aromatic nitrogens is 3. The van der Waals surface area contributed by atoms with Crippen LogP contribution in [0.25, 0.3) is 22.4 Å². The second kappa shape index (κ2) is 7.33. The van der Waals surface area contributed by atoms with Gasteiger partial charge in [-0.1, -0.05) is 24.3 Å². The molecule has 4 rings (SSSR count). The van der Waals surface area contributed by atoms with E-state index in [4.69, 9.17) is 9.15 Å². The molecule has 0 fully saturated rings. The Labute approximate surface area is 155 Å². The van der Waals surface area contributed by atoms with Crippen LogP contribution >= 0.6 is 0 Å². The molecular formula is C20H18N4O3. The van der Waals surface area contributed by atoms with Crippen LogP contribution in [0.3, 0.4) is 0 Å². The zero-order chi connectivity index (χ0) is 18.6. The maximum Gasteiger partial charge on any atom is 0.308 e.